The first-order valence-electron chi connectivity index (χ1n) is 6.96. The van der Waals surface area contributed by atoms with Crippen molar-refractivity contribution in [3.8, 4) is 0 Å². The second kappa shape index (κ2) is 8.16. The highest BCUT2D eigenvalue weighted by atomic mass is 35.5. The summed E-state index contributed by atoms with van der Waals surface area (Å²) in [6.45, 7) is 6.24. The average molecular weight is 279 g/mol. The normalized spacial score (nSPS) is 12.0. The number of halogens is 1. The average Bonchev–Trinajstić information content (AvgIpc) is 2.38. The summed E-state index contributed by atoms with van der Waals surface area (Å²) in [6.07, 6.45) is 5.62. The SMILES string of the molecule is CCCCC(=O)C(CC=C(C)C)c1ccc(Cl)cc1. The first-order chi connectivity index (χ1) is 9.04. The highest BCUT2D eigenvalue weighted by Crippen LogP contribution is 2.25. The van der Waals surface area contributed by atoms with E-state index in [2.05, 4.69) is 26.8 Å². The summed E-state index contributed by atoms with van der Waals surface area (Å²) in [5.41, 5.74) is 2.32. The van der Waals surface area contributed by atoms with Crippen LogP contribution in [0.3, 0.4) is 0 Å². The number of Topliss-reactive ketones (excluding diaryl/α,β-unsaturated/α-hetero) is 1. The molecule has 0 fully saturated rings. The molecule has 1 nitrogen and oxygen atoms in total. The van der Waals surface area contributed by atoms with Crippen LogP contribution in [0, 0.1) is 0 Å². The van der Waals surface area contributed by atoms with E-state index >= 15 is 0 Å². The number of hydrogen-bond donors (Lipinski definition) is 0. The van der Waals surface area contributed by atoms with E-state index in [1.54, 1.807) is 0 Å². The summed E-state index contributed by atoms with van der Waals surface area (Å²) >= 11 is 5.91. The lowest BCUT2D eigenvalue weighted by Gasteiger charge is -2.15. The van der Waals surface area contributed by atoms with Gasteiger partial charge in [-0.3, -0.25) is 4.79 Å². The second-order valence-corrected chi connectivity index (χ2v) is 5.63. The van der Waals surface area contributed by atoms with Crippen LogP contribution < -0.4 is 0 Å². The second-order valence-electron chi connectivity index (χ2n) is 5.19. The lowest BCUT2D eigenvalue weighted by molar-refractivity contribution is -0.120. The molecule has 0 spiro atoms. The molecule has 1 rings (SSSR count). The summed E-state index contributed by atoms with van der Waals surface area (Å²) in [5.74, 6) is 0.306. The van der Waals surface area contributed by atoms with Gasteiger partial charge in [-0.15, -0.1) is 0 Å². The topological polar surface area (TPSA) is 17.1 Å². The molecule has 0 radical (unpaired) electrons. The van der Waals surface area contributed by atoms with Crippen molar-refractivity contribution in [1.29, 1.82) is 0 Å². The highest BCUT2D eigenvalue weighted by molar-refractivity contribution is 6.30. The molecule has 1 aromatic carbocycles. The van der Waals surface area contributed by atoms with Gasteiger partial charge in [0.25, 0.3) is 0 Å². The largest absolute Gasteiger partial charge is 0.299 e. The van der Waals surface area contributed by atoms with Crippen molar-refractivity contribution in [2.24, 2.45) is 0 Å². The number of carbonyl (C=O) groups excluding carboxylic acids is 1. The molecule has 0 aliphatic heterocycles. The van der Waals surface area contributed by atoms with Gasteiger partial charge in [0, 0.05) is 17.4 Å². The molecule has 0 bridgehead atoms. The Kier molecular flexibility index (Phi) is 6.86. The molecule has 1 atom stereocenters. The standard InChI is InChI=1S/C17H23ClO/c1-4-5-6-17(19)16(12-7-13(2)3)14-8-10-15(18)11-9-14/h7-11,16H,4-6,12H2,1-3H3. The van der Waals surface area contributed by atoms with E-state index in [0.29, 0.717) is 17.2 Å². The van der Waals surface area contributed by atoms with Crippen LogP contribution in [0.25, 0.3) is 0 Å². The summed E-state index contributed by atoms with van der Waals surface area (Å²) in [7, 11) is 0. The lowest BCUT2D eigenvalue weighted by atomic mass is 9.88. The van der Waals surface area contributed by atoms with Crippen LogP contribution in [0.4, 0.5) is 0 Å². The zero-order chi connectivity index (χ0) is 14.3. The monoisotopic (exact) mass is 278 g/mol. The fraction of sp³-hybridized carbons (Fsp3) is 0.471. The quantitative estimate of drug-likeness (QED) is 0.599. The predicted molar refractivity (Wildman–Crippen MR) is 82.8 cm³/mol. The smallest absolute Gasteiger partial charge is 0.140 e. The molecule has 1 unspecified atom stereocenters. The molecule has 0 amide bonds. The minimum Gasteiger partial charge on any atom is -0.299 e. The van der Waals surface area contributed by atoms with Gasteiger partial charge in [-0.05, 0) is 44.4 Å². The molecule has 0 heterocycles. The molecule has 0 saturated heterocycles. The summed E-state index contributed by atoms with van der Waals surface area (Å²) in [5, 5.41) is 0.714. The highest BCUT2D eigenvalue weighted by Gasteiger charge is 2.18. The van der Waals surface area contributed by atoms with E-state index in [9.17, 15) is 4.79 Å². The maximum absolute atomic E-state index is 12.3. The van der Waals surface area contributed by atoms with Gasteiger partial charge >= 0.3 is 0 Å². The fourth-order valence-electron chi connectivity index (χ4n) is 2.03. The van der Waals surface area contributed by atoms with Crippen molar-refractivity contribution in [3.05, 3.63) is 46.5 Å². The van der Waals surface area contributed by atoms with Crippen LogP contribution in [-0.2, 0) is 4.79 Å². The van der Waals surface area contributed by atoms with Crippen molar-refractivity contribution >= 4 is 17.4 Å². The number of ketones is 1. The third kappa shape index (κ3) is 5.61. The third-order valence-electron chi connectivity index (χ3n) is 3.20. The van der Waals surface area contributed by atoms with Crippen molar-refractivity contribution in [2.75, 3.05) is 0 Å². The van der Waals surface area contributed by atoms with E-state index in [4.69, 9.17) is 11.6 Å². The molecule has 1 aromatic rings. The minimum atomic E-state index is -0.0290. The molecule has 0 saturated carbocycles. The van der Waals surface area contributed by atoms with Crippen LogP contribution in [0.2, 0.25) is 5.02 Å². The maximum Gasteiger partial charge on any atom is 0.140 e. The third-order valence-corrected chi connectivity index (χ3v) is 3.45. The Morgan fingerprint density at radius 3 is 2.42 bits per heavy atom. The Morgan fingerprint density at radius 2 is 1.89 bits per heavy atom. The molecular weight excluding hydrogens is 256 g/mol. The van der Waals surface area contributed by atoms with Gasteiger partial charge < -0.3 is 0 Å². The summed E-state index contributed by atoms with van der Waals surface area (Å²) < 4.78 is 0. The number of unbranched alkanes of at least 4 members (excludes halogenated alkanes) is 1. The molecule has 104 valence electrons. The maximum atomic E-state index is 12.3. The molecule has 0 aromatic heterocycles. The zero-order valence-electron chi connectivity index (χ0n) is 12.1. The molecular formula is C17H23ClO. The van der Waals surface area contributed by atoms with Crippen LogP contribution in [0.5, 0.6) is 0 Å². The van der Waals surface area contributed by atoms with Crippen molar-refractivity contribution < 1.29 is 4.79 Å². The molecule has 0 aliphatic carbocycles. The van der Waals surface area contributed by atoms with Crippen molar-refractivity contribution in [3.63, 3.8) is 0 Å². The van der Waals surface area contributed by atoms with Crippen LogP contribution in [0.15, 0.2) is 35.9 Å². The van der Waals surface area contributed by atoms with Gasteiger partial charge in [0.05, 0.1) is 0 Å². The van der Waals surface area contributed by atoms with Crippen LogP contribution >= 0.6 is 11.6 Å². The number of rotatable bonds is 7. The molecule has 0 N–H and O–H groups in total. The van der Waals surface area contributed by atoms with Gasteiger partial charge in [-0.2, -0.15) is 0 Å². The Bertz CT molecular complexity index is 427. The van der Waals surface area contributed by atoms with E-state index in [0.717, 1.165) is 24.8 Å². The van der Waals surface area contributed by atoms with Gasteiger partial charge in [0.15, 0.2) is 0 Å². The van der Waals surface area contributed by atoms with E-state index in [-0.39, 0.29) is 5.92 Å². The summed E-state index contributed by atoms with van der Waals surface area (Å²) in [6, 6.07) is 7.66. The van der Waals surface area contributed by atoms with E-state index in [1.165, 1.54) is 5.57 Å². The Hall–Kier alpha value is -1.08. The van der Waals surface area contributed by atoms with Gasteiger partial charge in [0.1, 0.15) is 5.78 Å². The van der Waals surface area contributed by atoms with Crippen LogP contribution in [0.1, 0.15) is 57.9 Å². The Balaban J connectivity index is 2.87. The first-order valence-corrected chi connectivity index (χ1v) is 7.34. The fourth-order valence-corrected chi connectivity index (χ4v) is 2.15. The Labute approximate surface area is 121 Å². The number of benzene rings is 1. The lowest BCUT2D eigenvalue weighted by Crippen LogP contribution is -2.12. The summed E-state index contributed by atoms with van der Waals surface area (Å²) in [4.78, 5) is 12.3. The van der Waals surface area contributed by atoms with Crippen molar-refractivity contribution in [1.82, 2.24) is 0 Å². The first kappa shape index (κ1) is 16.0. The van der Waals surface area contributed by atoms with Gasteiger partial charge in [-0.1, -0.05) is 48.7 Å². The molecule has 2 heteroatoms. The number of hydrogen-bond acceptors (Lipinski definition) is 1. The molecule has 19 heavy (non-hydrogen) atoms. The van der Waals surface area contributed by atoms with Gasteiger partial charge in [0.2, 0.25) is 0 Å². The van der Waals surface area contributed by atoms with Gasteiger partial charge in [-0.25, -0.2) is 0 Å². The number of carbonyl (C=O) groups is 1. The predicted octanol–water partition coefficient (Wildman–Crippen LogP) is 5.54. The van der Waals surface area contributed by atoms with Crippen molar-refractivity contribution in [2.45, 2.75) is 52.4 Å². The van der Waals surface area contributed by atoms with E-state index in [1.807, 2.05) is 24.3 Å². The van der Waals surface area contributed by atoms with E-state index < -0.39 is 0 Å². The van der Waals surface area contributed by atoms with Crippen LogP contribution in [-0.4, -0.2) is 5.78 Å². The zero-order valence-corrected chi connectivity index (χ0v) is 12.8. The number of allylic oxidation sites excluding steroid dienone is 2. The Morgan fingerprint density at radius 1 is 1.26 bits per heavy atom. The molecule has 0 aliphatic rings. The minimum absolute atomic E-state index is 0.0290.